The number of nitrogens with two attached hydrogens (primary N) is 2. The minimum absolute atomic E-state index is 0. The van der Waals surface area contributed by atoms with Gasteiger partial charge in [0.15, 0.2) is 0 Å². The third-order valence-electron chi connectivity index (χ3n) is 4.98. The predicted molar refractivity (Wildman–Crippen MR) is 135 cm³/mol. The molecule has 0 saturated carbocycles. The molecular formula is C23H35Cl2N5. The lowest BCUT2D eigenvalue weighted by Crippen LogP contribution is -2.46. The Labute approximate surface area is 191 Å². The van der Waals surface area contributed by atoms with Gasteiger partial charge in [0.2, 0.25) is 0 Å². The molecule has 0 aliphatic rings. The molecule has 0 saturated heterocycles. The first-order chi connectivity index (χ1) is 13.8. The van der Waals surface area contributed by atoms with E-state index < -0.39 is 0 Å². The Hall–Kier alpha value is -2.08. The summed E-state index contributed by atoms with van der Waals surface area (Å²) in [4.78, 5) is 0. The van der Waals surface area contributed by atoms with Crippen LogP contribution in [-0.4, -0.2) is 44.3 Å². The molecule has 2 aromatic carbocycles. The molecular weight excluding hydrogens is 417 g/mol. The van der Waals surface area contributed by atoms with E-state index in [1.807, 2.05) is 42.5 Å². The maximum Gasteiger partial charge on any atom is 0.0969 e. The van der Waals surface area contributed by atoms with Gasteiger partial charge in [0.1, 0.15) is 0 Å². The first-order valence-electron chi connectivity index (χ1n) is 9.85. The third-order valence-corrected chi connectivity index (χ3v) is 5.63. The van der Waals surface area contributed by atoms with Gasteiger partial charge in [-0.3, -0.25) is 0 Å². The zero-order chi connectivity index (χ0) is 21.3. The SMILES string of the molecule is C=CC[N+](C)(CCCNc1ccc(N)c(Cl)c1)CCCNc1ccc(N)c(Cl)c1.[CH3-]. The number of nitrogens with one attached hydrogen (secondary N) is 2. The van der Waals surface area contributed by atoms with E-state index in [0.29, 0.717) is 21.4 Å². The fourth-order valence-electron chi connectivity index (χ4n) is 3.27. The van der Waals surface area contributed by atoms with Crippen LogP contribution in [0.1, 0.15) is 12.8 Å². The van der Waals surface area contributed by atoms with Crippen molar-refractivity contribution < 1.29 is 4.48 Å². The van der Waals surface area contributed by atoms with E-state index >= 15 is 0 Å². The molecule has 30 heavy (non-hydrogen) atoms. The molecule has 0 atom stereocenters. The number of nitrogens with zero attached hydrogens (tertiary/aromatic N) is 1. The summed E-state index contributed by atoms with van der Waals surface area (Å²) in [5.74, 6) is 0. The zero-order valence-corrected chi connectivity index (χ0v) is 19.6. The molecule has 7 heteroatoms. The van der Waals surface area contributed by atoms with Crippen molar-refractivity contribution in [3.63, 3.8) is 0 Å². The largest absolute Gasteiger partial charge is 0.398 e. The smallest absolute Gasteiger partial charge is 0.0969 e. The van der Waals surface area contributed by atoms with Crippen LogP contribution in [0.5, 0.6) is 0 Å². The van der Waals surface area contributed by atoms with E-state index in [9.17, 15) is 0 Å². The van der Waals surface area contributed by atoms with Crippen molar-refractivity contribution in [3.8, 4) is 0 Å². The molecule has 0 aromatic heterocycles. The molecule has 2 aromatic rings. The summed E-state index contributed by atoms with van der Waals surface area (Å²) in [6.07, 6.45) is 4.10. The summed E-state index contributed by atoms with van der Waals surface area (Å²) in [6, 6.07) is 11.3. The van der Waals surface area contributed by atoms with Crippen molar-refractivity contribution in [3.05, 3.63) is 66.5 Å². The topological polar surface area (TPSA) is 76.1 Å². The molecule has 0 spiro atoms. The van der Waals surface area contributed by atoms with Crippen LogP contribution in [0.2, 0.25) is 10.0 Å². The standard InChI is InChI=1S/C22H32Cl2N5.CH3/c1-3-12-29(2,13-4-10-27-17-6-8-21(25)19(23)15-17)14-5-11-28-18-7-9-22(26)20(24)16-18;/h3,6-9,15-16,27-28H,1,4-5,10-14,25-26H2,2H3;1H3/q+1;-1. The number of quaternary nitrogens is 1. The molecule has 0 bridgehead atoms. The second-order valence-corrected chi connectivity index (χ2v) is 8.39. The minimum atomic E-state index is 0. The van der Waals surface area contributed by atoms with Gasteiger partial charge in [-0.15, -0.1) is 0 Å². The van der Waals surface area contributed by atoms with Crippen molar-refractivity contribution in [2.45, 2.75) is 12.8 Å². The Morgan fingerprint density at radius 2 is 1.33 bits per heavy atom. The molecule has 0 fully saturated rings. The highest BCUT2D eigenvalue weighted by atomic mass is 35.5. The van der Waals surface area contributed by atoms with Crippen molar-refractivity contribution in [1.82, 2.24) is 0 Å². The van der Waals surface area contributed by atoms with Crippen LogP contribution >= 0.6 is 23.2 Å². The summed E-state index contributed by atoms with van der Waals surface area (Å²) in [5.41, 5.74) is 14.7. The van der Waals surface area contributed by atoms with Gasteiger partial charge >= 0.3 is 0 Å². The molecule has 0 radical (unpaired) electrons. The maximum absolute atomic E-state index is 6.07. The fourth-order valence-corrected chi connectivity index (χ4v) is 3.63. The Kier molecular flexibility index (Phi) is 10.9. The highest BCUT2D eigenvalue weighted by Gasteiger charge is 2.18. The van der Waals surface area contributed by atoms with E-state index in [2.05, 4.69) is 24.3 Å². The second kappa shape index (κ2) is 12.6. The van der Waals surface area contributed by atoms with Crippen LogP contribution in [0, 0.1) is 7.43 Å². The van der Waals surface area contributed by atoms with Gasteiger partial charge in [0.25, 0.3) is 0 Å². The lowest BCUT2D eigenvalue weighted by Gasteiger charge is -2.34. The minimum Gasteiger partial charge on any atom is -0.398 e. The highest BCUT2D eigenvalue weighted by molar-refractivity contribution is 6.33. The normalized spacial score (nSPS) is 10.9. The lowest BCUT2D eigenvalue weighted by atomic mass is 10.2. The van der Waals surface area contributed by atoms with Crippen LogP contribution in [-0.2, 0) is 0 Å². The molecule has 2 rings (SSSR count). The first-order valence-corrected chi connectivity index (χ1v) is 10.6. The van der Waals surface area contributed by atoms with Gasteiger partial charge in [0.05, 0.1) is 48.1 Å². The lowest BCUT2D eigenvalue weighted by molar-refractivity contribution is -0.904. The quantitative estimate of drug-likeness (QED) is 0.112. The number of anilines is 4. The second-order valence-electron chi connectivity index (χ2n) is 7.57. The molecule has 0 aliphatic carbocycles. The van der Waals surface area contributed by atoms with E-state index in [1.165, 1.54) is 0 Å². The number of benzene rings is 2. The average molecular weight is 452 g/mol. The van der Waals surface area contributed by atoms with Crippen molar-refractivity contribution in [2.24, 2.45) is 0 Å². The predicted octanol–water partition coefficient (Wildman–Crippen LogP) is 5.54. The highest BCUT2D eigenvalue weighted by Crippen LogP contribution is 2.23. The van der Waals surface area contributed by atoms with E-state index in [4.69, 9.17) is 34.7 Å². The van der Waals surface area contributed by atoms with E-state index in [0.717, 1.165) is 61.4 Å². The number of rotatable bonds is 12. The summed E-state index contributed by atoms with van der Waals surface area (Å²) >= 11 is 12.1. The molecule has 166 valence electrons. The van der Waals surface area contributed by atoms with Gasteiger partial charge in [-0.2, -0.15) is 0 Å². The maximum atomic E-state index is 6.07. The van der Waals surface area contributed by atoms with Crippen LogP contribution in [0.25, 0.3) is 0 Å². The number of likely N-dealkylation sites (N-methyl/N-ethyl adjacent to an activating group) is 1. The summed E-state index contributed by atoms with van der Waals surface area (Å²) in [7, 11) is 2.28. The van der Waals surface area contributed by atoms with E-state index in [-0.39, 0.29) is 7.43 Å². The van der Waals surface area contributed by atoms with Gasteiger partial charge in [0, 0.05) is 37.3 Å². The van der Waals surface area contributed by atoms with Gasteiger partial charge < -0.3 is 34.0 Å². The Balaban J connectivity index is 0.00000450. The zero-order valence-electron chi connectivity index (χ0n) is 18.1. The number of hydrogen-bond donors (Lipinski definition) is 4. The molecule has 0 aliphatic heterocycles. The molecule has 0 heterocycles. The van der Waals surface area contributed by atoms with E-state index in [1.54, 1.807) is 0 Å². The van der Waals surface area contributed by atoms with Crippen molar-refractivity contribution >= 4 is 46.0 Å². The van der Waals surface area contributed by atoms with Crippen LogP contribution in [0.3, 0.4) is 0 Å². The Bertz CT molecular complexity index is 751. The number of hydrogen-bond acceptors (Lipinski definition) is 4. The Morgan fingerprint density at radius 1 is 0.900 bits per heavy atom. The summed E-state index contributed by atoms with van der Waals surface area (Å²) in [5, 5.41) is 7.99. The molecule has 6 N–H and O–H groups in total. The molecule has 5 nitrogen and oxygen atoms in total. The van der Waals surface area contributed by atoms with Crippen LogP contribution in [0.15, 0.2) is 49.1 Å². The van der Waals surface area contributed by atoms with Crippen molar-refractivity contribution in [2.75, 3.05) is 61.9 Å². The third kappa shape index (κ3) is 8.34. The van der Waals surface area contributed by atoms with Crippen LogP contribution < -0.4 is 22.1 Å². The first kappa shape index (κ1) is 26.0. The number of nitrogen functional groups attached to an aromatic ring is 2. The monoisotopic (exact) mass is 451 g/mol. The summed E-state index contributed by atoms with van der Waals surface area (Å²) < 4.78 is 0.956. The molecule has 0 amide bonds. The van der Waals surface area contributed by atoms with Gasteiger partial charge in [-0.05, 0) is 42.5 Å². The average Bonchev–Trinajstić information content (AvgIpc) is 2.68. The molecule has 0 unspecified atom stereocenters. The number of halogens is 2. The fraction of sp³-hybridized carbons (Fsp3) is 0.348. The van der Waals surface area contributed by atoms with Gasteiger partial charge in [-0.1, -0.05) is 29.8 Å². The van der Waals surface area contributed by atoms with Crippen LogP contribution in [0.4, 0.5) is 22.7 Å². The summed E-state index contributed by atoms with van der Waals surface area (Å²) in [6.45, 7) is 8.77. The Morgan fingerprint density at radius 3 is 1.70 bits per heavy atom. The van der Waals surface area contributed by atoms with Crippen molar-refractivity contribution in [1.29, 1.82) is 0 Å². The van der Waals surface area contributed by atoms with Gasteiger partial charge in [-0.25, -0.2) is 0 Å².